The van der Waals surface area contributed by atoms with Gasteiger partial charge in [0.2, 0.25) is 5.91 Å². The van der Waals surface area contributed by atoms with E-state index in [2.05, 4.69) is 29.5 Å². The van der Waals surface area contributed by atoms with Crippen LogP contribution in [0.2, 0.25) is 0 Å². The summed E-state index contributed by atoms with van der Waals surface area (Å²) >= 11 is 0. The van der Waals surface area contributed by atoms with Crippen LogP contribution in [0.3, 0.4) is 0 Å². The van der Waals surface area contributed by atoms with Crippen LogP contribution in [0.5, 0.6) is 0 Å². The molecule has 1 fully saturated rings. The molecule has 1 aromatic heterocycles. The van der Waals surface area contributed by atoms with Crippen LogP contribution in [0, 0.1) is 5.41 Å². The normalized spacial score (nSPS) is 21.3. The minimum atomic E-state index is 0.0477. The highest BCUT2D eigenvalue weighted by Gasteiger charge is 2.34. The van der Waals surface area contributed by atoms with Crippen molar-refractivity contribution in [3.63, 3.8) is 0 Å². The Kier molecular flexibility index (Phi) is 4.53. The van der Waals surface area contributed by atoms with Gasteiger partial charge in [0, 0.05) is 25.0 Å². The third-order valence-electron chi connectivity index (χ3n) is 3.98. The highest BCUT2D eigenvalue weighted by Crippen LogP contribution is 2.36. The lowest BCUT2D eigenvalue weighted by Gasteiger charge is -2.27. The first kappa shape index (κ1) is 14.0. The number of pyridine rings is 1. The van der Waals surface area contributed by atoms with Crippen LogP contribution in [-0.4, -0.2) is 23.5 Å². The van der Waals surface area contributed by atoms with Crippen molar-refractivity contribution in [2.45, 2.75) is 45.7 Å². The molecular formula is C15H23N3O. The van der Waals surface area contributed by atoms with Gasteiger partial charge in [0.25, 0.3) is 0 Å². The van der Waals surface area contributed by atoms with Gasteiger partial charge in [-0.25, -0.2) is 0 Å². The molecule has 2 N–H and O–H groups in total. The van der Waals surface area contributed by atoms with E-state index >= 15 is 0 Å². The molecule has 4 nitrogen and oxygen atoms in total. The molecule has 1 heterocycles. The Labute approximate surface area is 115 Å². The highest BCUT2D eigenvalue weighted by molar-refractivity contribution is 5.78. The van der Waals surface area contributed by atoms with Gasteiger partial charge in [0.1, 0.15) is 0 Å². The van der Waals surface area contributed by atoms with Gasteiger partial charge < -0.3 is 10.6 Å². The smallest absolute Gasteiger partial charge is 0.234 e. The lowest BCUT2D eigenvalue weighted by atomic mass is 9.87. The van der Waals surface area contributed by atoms with E-state index in [9.17, 15) is 4.79 Å². The van der Waals surface area contributed by atoms with Crippen LogP contribution in [0.25, 0.3) is 0 Å². The summed E-state index contributed by atoms with van der Waals surface area (Å²) in [6, 6.07) is 4.29. The number of rotatable bonds is 5. The summed E-state index contributed by atoms with van der Waals surface area (Å²) < 4.78 is 0. The maximum atomic E-state index is 11.8. The summed E-state index contributed by atoms with van der Waals surface area (Å²) in [4.78, 5) is 15.8. The Hall–Kier alpha value is -1.42. The minimum absolute atomic E-state index is 0.0477. The SMILES string of the molecule is CC1(C)CCC[C@@H]1NCC(=O)NCc1cccnc1. The van der Waals surface area contributed by atoms with Crippen LogP contribution in [-0.2, 0) is 11.3 Å². The van der Waals surface area contributed by atoms with Gasteiger partial charge in [-0.3, -0.25) is 9.78 Å². The largest absolute Gasteiger partial charge is 0.351 e. The number of aromatic nitrogens is 1. The fraction of sp³-hybridized carbons (Fsp3) is 0.600. The van der Waals surface area contributed by atoms with Crippen molar-refractivity contribution < 1.29 is 4.79 Å². The Balaban J connectivity index is 1.70. The molecule has 104 valence electrons. The van der Waals surface area contributed by atoms with Gasteiger partial charge in [0.15, 0.2) is 0 Å². The first-order valence-corrected chi connectivity index (χ1v) is 6.97. The van der Waals surface area contributed by atoms with Crippen molar-refractivity contribution in [1.29, 1.82) is 0 Å². The van der Waals surface area contributed by atoms with Crippen molar-refractivity contribution in [3.05, 3.63) is 30.1 Å². The first-order chi connectivity index (χ1) is 9.08. The first-order valence-electron chi connectivity index (χ1n) is 6.97. The van der Waals surface area contributed by atoms with Gasteiger partial charge in [-0.05, 0) is 29.9 Å². The number of amides is 1. The highest BCUT2D eigenvalue weighted by atomic mass is 16.1. The molecule has 0 spiro atoms. The molecule has 19 heavy (non-hydrogen) atoms. The van der Waals surface area contributed by atoms with E-state index in [1.807, 2.05) is 12.1 Å². The van der Waals surface area contributed by atoms with Crippen LogP contribution in [0.4, 0.5) is 0 Å². The number of nitrogens with one attached hydrogen (secondary N) is 2. The zero-order valence-corrected chi connectivity index (χ0v) is 11.8. The second-order valence-corrected chi connectivity index (χ2v) is 5.95. The van der Waals surface area contributed by atoms with E-state index < -0.39 is 0 Å². The predicted octanol–water partition coefficient (Wildman–Crippen LogP) is 1.87. The van der Waals surface area contributed by atoms with Crippen molar-refractivity contribution in [3.8, 4) is 0 Å². The Morgan fingerprint density at radius 3 is 3.00 bits per heavy atom. The van der Waals surface area contributed by atoms with Crippen LogP contribution < -0.4 is 10.6 Å². The number of hydrogen-bond donors (Lipinski definition) is 2. The zero-order chi connectivity index (χ0) is 13.7. The number of carbonyl (C=O) groups is 1. The average molecular weight is 261 g/mol. The molecule has 0 aromatic carbocycles. The van der Waals surface area contributed by atoms with Gasteiger partial charge >= 0.3 is 0 Å². The quantitative estimate of drug-likeness (QED) is 0.850. The second kappa shape index (κ2) is 6.15. The summed E-state index contributed by atoms with van der Waals surface area (Å²) in [5.41, 5.74) is 1.33. The van der Waals surface area contributed by atoms with Crippen molar-refractivity contribution >= 4 is 5.91 Å². The molecule has 1 saturated carbocycles. The van der Waals surface area contributed by atoms with E-state index in [1.165, 1.54) is 19.3 Å². The van der Waals surface area contributed by atoms with Crippen molar-refractivity contribution in [2.24, 2.45) is 5.41 Å². The molecule has 2 rings (SSSR count). The molecule has 1 amide bonds. The Bertz CT molecular complexity index is 417. The third kappa shape index (κ3) is 4.03. The van der Waals surface area contributed by atoms with Crippen LogP contribution >= 0.6 is 0 Å². The summed E-state index contributed by atoms with van der Waals surface area (Å²) in [6.07, 6.45) is 7.16. The van der Waals surface area contributed by atoms with Crippen LogP contribution in [0.1, 0.15) is 38.7 Å². The molecule has 1 aromatic rings. The maximum Gasteiger partial charge on any atom is 0.234 e. The number of hydrogen-bond acceptors (Lipinski definition) is 3. The molecule has 0 saturated heterocycles. The maximum absolute atomic E-state index is 11.8. The number of carbonyl (C=O) groups excluding carboxylic acids is 1. The monoisotopic (exact) mass is 261 g/mol. The summed E-state index contributed by atoms with van der Waals surface area (Å²) in [5.74, 6) is 0.0477. The topological polar surface area (TPSA) is 54.0 Å². The molecule has 0 aliphatic heterocycles. The third-order valence-corrected chi connectivity index (χ3v) is 3.98. The second-order valence-electron chi connectivity index (χ2n) is 5.95. The molecule has 0 radical (unpaired) electrons. The van der Waals surface area contributed by atoms with E-state index in [1.54, 1.807) is 12.4 Å². The standard InChI is InChI=1S/C15H23N3O/c1-15(2)7-3-6-13(15)17-11-14(19)18-10-12-5-4-8-16-9-12/h4-5,8-9,13,17H,3,6-7,10-11H2,1-2H3,(H,18,19)/t13-/m0/s1. The molecule has 0 bridgehead atoms. The molecule has 0 unspecified atom stereocenters. The fourth-order valence-electron chi connectivity index (χ4n) is 2.69. The van der Waals surface area contributed by atoms with E-state index in [-0.39, 0.29) is 5.91 Å². The van der Waals surface area contributed by atoms with Gasteiger partial charge in [-0.1, -0.05) is 26.3 Å². The molecular weight excluding hydrogens is 238 g/mol. The minimum Gasteiger partial charge on any atom is -0.351 e. The fourth-order valence-corrected chi connectivity index (χ4v) is 2.69. The lowest BCUT2D eigenvalue weighted by molar-refractivity contribution is -0.120. The number of nitrogens with zero attached hydrogens (tertiary/aromatic N) is 1. The molecule has 1 aliphatic rings. The zero-order valence-electron chi connectivity index (χ0n) is 11.8. The summed E-state index contributed by atoms with van der Waals surface area (Å²) in [6.45, 7) is 5.48. The van der Waals surface area contributed by atoms with Crippen LogP contribution in [0.15, 0.2) is 24.5 Å². The van der Waals surface area contributed by atoms with E-state index in [0.717, 1.165) is 5.56 Å². The molecule has 1 aliphatic carbocycles. The Morgan fingerprint density at radius 2 is 2.37 bits per heavy atom. The Morgan fingerprint density at radius 1 is 1.53 bits per heavy atom. The van der Waals surface area contributed by atoms with E-state index in [0.29, 0.717) is 24.5 Å². The van der Waals surface area contributed by atoms with Gasteiger partial charge in [-0.2, -0.15) is 0 Å². The summed E-state index contributed by atoms with van der Waals surface area (Å²) in [7, 11) is 0. The predicted molar refractivity (Wildman–Crippen MR) is 75.5 cm³/mol. The van der Waals surface area contributed by atoms with Crippen molar-refractivity contribution in [1.82, 2.24) is 15.6 Å². The van der Waals surface area contributed by atoms with Gasteiger partial charge in [0.05, 0.1) is 6.54 Å². The summed E-state index contributed by atoms with van der Waals surface area (Å²) in [5, 5.41) is 6.29. The average Bonchev–Trinajstić information content (AvgIpc) is 2.74. The molecule has 4 heteroatoms. The lowest BCUT2D eigenvalue weighted by Crippen LogP contribution is -2.43. The van der Waals surface area contributed by atoms with Gasteiger partial charge in [-0.15, -0.1) is 0 Å². The van der Waals surface area contributed by atoms with Crippen molar-refractivity contribution in [2.75, 3.05) is 6.54 Å². The molecule has 1 atom stereocenters. The van der Waals surface area contributed by atoms with E-state index in [4.69, 9.17) is 0 Å².